The summed E-state index contributed by atoms with van der Waals surface area (Å²) in [5, 5.41) is 2.73. The van der Waals surface area contributed by atoms with E-state index in [0.29, 0.717) is 18.9 Å². The van der Waals surface area contributed by atoms with Gasteiger partial charge in [-0.2, -0.15) is 0 Å². The van der Waals surface area contributed by atoms with Gasteiger partial charge in [-0.15, -0.1) is 0 Å². The molecule has 22 heavy (non-hydrogen) atoms. The molecule has 1 N–H and O–H groups in total. The molecule has 0 fully saturated rings. The summed E-state index contributed by atoms with van der Waals surface area (Å²) >= 11 is 0. The van der Waals surface area contributed by atoms with Gasteiger partial charge in [0.15, 0.2) is 9.84 Å². The molecule has 1 amide bonds. The maximum atomic E-state index is 11.8. The number of ether oxygens (including phenoxy) is 1. The highest BCUT2D eigenvalue weighted by atomic mass is 32.2. The van der Waals surface area contributed by atoms with E-state index in [1.54, 1.807) is 7.11 Å². The molecule has 1 aromatic rings. The monoisotopic (exact) mass is 327 g/mol. The van der Waals surface area contributed by atoms with Crippen LogP contribution < -0.4 is 10.1 Å². The molecular weight excluding hydrogens is 302 g/mol. The number of carbonyl (C=O) groups is 1. The molecule has 0 aliphatic carbocycles. The molecule has 124 valence electrons. The van der Waals surface area contributed by atoms with Gasteiger partial charge in [0.1, 0.15) is 5.75 Å². The Morgan fingerprint density at radius 2 is 2.00 bits per heavy atom. The molecule has 0 saturated carbocycles. The number of hydrogen-bond acceptors (Lipinski definition) is 4. The van der Waals surface area contributed by atoms with Crippen LogP contribution in [0.3, 0.4) is 0 Å². The Bertz CT molecular complexity index is 582. The van der Waals surface area contributed by atoms with Crippen LogP contribution in [0.25, 0.3) is 0 Å². The van der Waals surface area contributed by atoms with Crippen molar-refractivity contribution < 1.29 is 17.9 Å². The van der Waals surface area contributed by atoms with E-state index < -0.39 is 9.84 Å². The predicted octanol–water partition coefficient (Wildman–Crippen LogP) is 2.16. The third-order valence-corrected chi connectivity index (χ3v) is 4.95. The molecule has 0 spiro atoms. The SMILES string of the molecule is COc1cccc(CNC(=O)CCS(=O)(=O)CCC(C)C)c1. The van der Waals surface area contributed by atoms with Crippen LogP contribution in [0.5, 0.6) is 5.75 Å². The van der Waals surface area contributed by atoms with Crippen molar-refractivity contribution in [3.05, 3.63) is 29.8 Å². The van der Waals surface area contributed by atoms with Crippen molar-refractivity contribution in [3.8, 4) is 5.75 Å². The Morgan fingerprint density at radius 1 is 1.27 bits per heavy atom. The van der Waals surface area contributed by atoms with E-state index in [-0.39, 0.29) is 23.8 Å². The van der Waals surface area contributed by atoms with Gasteiger partial charge >= 0.3 is 0 Å². The standard InChI is InChI=1S/C16H25NO4S/c1-13(2)7-9-22(19,20)10-8-16(18)17-12-14-5-4-6-15(11-14)21-3/h4-6,11,13H,7-10,12H2,1-3H3,(H,17,18). The zero-order valence-corrected chi connectivity index (χ0v) is 14.3. The predicted molar refractivity (Wildman–Crippen MR) is 87.6 cm³/mol. The van der Waals surface area contributed by atoms with Crippen LogP contribution in [-0.4, -0.2) is 32.9 Å². The van der Waals surface area contributed by atoms with Crippen LogP contribution in [0.1, 0.15) is 32.3 Å². The molecule has 5 nitrogen and oxygen atoms in total. The molecule has 0 bridgehead atoms. The zero-order valence-electron chi connectivity index (χ0n) is 13.5. The van der Waals surface area contributed by atoms with Gasteiger partial charge in [-0.3, -0.25) is 4.79 Å². The fraction of sp³-hybridized carbons (Fsp3) is 0.562. The molecule has 0 aliphatic heterocycles. The summed E-state index contributed by atoms with van der Waals surface area (Å²) < 4.78 is 28.7. The fourth-order valence-corrected chi connectivity index (χ4v) is 3.37. The second kappa shape index (κ2) is 8.78. The molecule has 1 aromatic carbocycles. The Labute approximate surface area is 133 Å². The van der Waals surface area contributed by atoms with Crippen LogP contribution in [0.2, 0.25) is 0 Å². The highest BCUT2D eigenvalue weighted by Gasteiger charge is 2.14. The third kappa shape index (κ3) is 7.45. The topological polar surface area (TPSA) is 72.5 Å². The van der Waals surface area contributed by atoms with E-state index >= 15 is 0 Å². The minimum absolute atomic E-state index is 0.00436. The van der Waals surface area contributed by atoms with E-state index in [2.05, 4.69) is 5.32 Å². The van der Waals surface area contributed by atoms with Crippen LogP contribution in [0.4, 0.5) is 0 Å². The Hall–Kier alpha value is -1.56. The Morgan fingerprint density at radius 3 is 2.64 bits per heavy atom. The van der Waals surface area contributed by atoms with Crippen LogP contribution >= 0.6 is 0 Å². The molecule has 0 atom stereocenters. The lowest BCUT2D eigenvalue weighted by Crippen LogP contribution is -2.26. The normalized spacial score (nSPS) is 11.5. The summed E-state index contributed by atoms with van der Waals surface area (Å²) in [5.41, 5.74) is 0.912. The molecule has 0 radical (unpaired) electrons. The lowest BCUT2D eigenvalue weighted by atomic mass is 10.2. The number of sulfone groups is 1. The highest BCUT2D eigenvalue weighted by Crippen LogP contribution is 2.12. The molecule has 6 heteroatoms. The number of nitrogens with one attached hydrogen (secondary N) is 1. The van der Waals surface area contributed by atoms with Gasteiger partial charge in [0.05, 0.1) is 18.6 Å². The van der Waals surface area contributed by atoms with Crippen LogP contribution in [0, 0.1) is 5.92 Å². The second-order valence-corrected chi connectivity index (χ2v) is 8.02. The third-order valence-electron chi connectivity index (χ3n) is 3.27. The minimum atomic E-state index is -3.15. The fourth-order valence-electron chi connectivity index (χ4n) is 1.84. The summed E-state index contributed by atoms with van der Waals surface area (Å²) in [6.45, 7) is 4.33. The second-order valence-electron chi connectivity index (χ2n) is 5.71. The van der Waals surface area contributed by atoms with Crippen LogP contribution in [-0.2, 0) is 21.2 Å². The maximum absolute atomic E-state index is 11.8. The summed E-state index contributed by atoms with van der Waals surface area (Å²) in [6, 6.07) is 7.38. The molecule has 0 aliphatic rings. The number of rotatable bonds is 9. The number of hydrogen-bond donors (Lipinski definition) is 1. The Kier molecular flexibility index (Phi) is 7.38. The first-order valence-electron chi connectivity index (χ1n) is 7.42. The lowest BCUT2D eigenvalue weighted by molar-refractivity contribution is -0.120. The molecule has 0 saturated heterocycles. The lowest BCUT2D eigenvalue weighted by Gasteiger charge is -2.08. The van der Waals surface area contributed by atoms with E-state index in [1.165, 1.54) is 0 Å². The van der Waals surface area contributed by atoms with Crippen molar-refractivity contribution in [2.75, 3.05) is 18.6 Å². The van der Waals surface area contributed by atoms with Crippen molar-refractivity contribution in [1.82, 2.24) is 5.32 Å². The average Bonchev–Trinajstić information content (AvgIpc) is 2.49. The largest absolute Gasteiger partial charge is 0.497 e. The zero-order chi connectivity index (χ0) is 16.6. The van der Waals surface area contributed by atoms with Gasteiger partial charge in [-0.05, 0) is 30.0 Å². The number of carbonyl (C=O) groups excluding carboxylic acids is 1. The van der Waals surface area contributed by atoms with Gasteiger partial charge in [-0.25, -0.2) is 8.42 Å². The summed E-state index contributed by atoms with van der Waals surface area (Å²) in [7, 11) is -1.56. The first kappa shape index (κ1) is 18.5. The van der Waals surface area contributed by atoms with Crippen LogP contribution in [0.15, 0.2) is 24.3 Å². The van der Waals surface area contributed by atoms with Gasteiger partial charge < -0.3 is 10.1 Å². The first-order chi connectivity index (χ1) is 10.3. The number of amides is 1. The summed E-state index contributed by atoms with van der Waals surface area (Å²) in [6.07, 6.45) is 0.637. The molecular formula is C16H25NO4S. The minimum Gasteiger partial charge on any atom is -0.497 e. The van der Waals surface area contributed by atoms with Gasteiger partial charge in [0.2, 0.25) is 5.91 Å². The van der Waals surface area contributed by atoms with Crippen molar-refractivity contribution in [1.29, 1.82) is 0 Å². The first-order valence-corrected chi connectivity index (χ1v) is 9.24. The maximum Gasteiger partial charge on any atom is 0.221 e. The van der Waals surface area contributed by atoms with E-state index in [0.717, 1.165) is 11.3 Å². The molecule has 0 aromatic heterocycles. The number of benzene rings is 1. The molecule has 0 unspecified atom stereocenters. The molecule has 1 rings (SSSR count). The van der Waals surface area contributed by atoms with Gasteiger partial charge in [-0.1, -0.05) is 26.0 Å². The number of methoxy groups -OCH3 is 1. The highest BCUT2D eigenvalue weighted by molar-refractivity contribution is 7.91. The van der Waals surface area contributed by atoms with Crippen molar-refractivity contribution in [2.24, 2.45) is 5.92 Å². The van der Waals surface area contributed by atoms with Crippen molar-refractivity contribution in [3.63, 3.8) is 0 Å². The smallest absolute Gasteiger partial charge is 0.221 e. The van der Waals surface area contributed by atoms with E-state index in [1.807, 2.05) is 38.1 Å². The van der Waals surface area contributed by atoms with Crippen molar-refractivity contribution >= 4 is 15.7 Å². The quantitative estimate of drug-likeness (QED) is 0.754. The summed E-state index contributed by atoms with van der Waals surface area (Å²) in [4.78, 5) is 11.7. The van der Waals surface area contributed by atoms with Crippen molar-refractivity contribution in [2.45, 2.75) is 33.2 Å². The van der Waals surface area contributed by atoms with E-state index in [9.17, 15) is 13.2 Å². The average molecular weight is 327 g/mol. The van der Waals surface area contributed by atoms with E-state index in [4.69, 9.17) is 4.74 Å². The summed E-state index contributed by atoms with van der Waals surface area (Å²) in [5.74, 6) is 0.868. The van der Waals surface area contributed by atoms with Gasteiger partial charge in [0, 0.05) is 13.0 Å². The molecule has 0 heterocycles. The van der Waals surface area contributed by atoms with Gasteiger partial charge in [0.25, 0.3) is 0 Å². The Balaban J connectivity index is 2.37.